The van der Waals surface area contributed by atoms with Crippen LogP contribution in [-0.2, 0) is 24.0 Å². The van der Waals surface area contributed by atoms with E-state index in [1.54, 1.807) is 6.92 Å². The van der Waals surface area contributed by atoms with Gasteiger partial charge >= 0.3 is 29.8 Å². The van der Waals surface area contributed by atoms with Gasteiger partial charge in [-0.2, -0.15) is 0 Å². The topological polar surface area (TPSA) is 205 Å². The number of rotatable bonds is 15. The first-order chi connectivity index (χ1) is 13.0. The normalized spacial score (nSPS) is 10.2. The molecule has 0 spiro atoms. The van der Waals surface area contributed by atoms with Gasteiger partial charge in [-0.25, -0.2) is 0 Å². The highest BCUT2D eigenvalue weighted by atomic mass is 16.4. The molecule has 6 N–H and O–H groups in total. The number of carboxylic acid groups (broad SMARTS) is 5. The smallest absolute Gasteiger partial charge is 0.317 e. The van der Waals surface area contributed by atoms with Crippen molar-refractivity contribution < 1.29 is 49.5 Å². The number of hydrogen-bond acceptors (Lipinski definition) is 8. The summed E-state index contributed by atoms with van der Waals surface area (Å²) in [6.07, 6.45) is 0.480. The second kappa shape index (κ2) is 16.4. The van der Waals surface area contributed by atoms with Crippen molar-refractivity contribution >= 4 is 29.8 Å². The van der Waals surface area contributed by atoms with Crippen LogP contribution >= 0.6 is 0 Å². The van der Waals surface area contributed by atoms with Crippen LogP contribution in [0.4, 0.5) is 0 Å². The van der Waals surface area contributed by atoms with Gasteiger partial charge in [0, 0.05) is 6.54 Å². The lowest BCUT2D eigenvalue weighted by atomic mass is 10.3. The zero-order valence-corrected chi connectivity index (χ0v) is 15.5. The molecule has 0 atom stereocenters. The van der Waals surface area contributed by atoms with Crippen molar-refractivity contribution in [1.29, 1.82) is 0 Å². The molecule has 0 heterocycles. The van der Waals surface area contributed by atoms with Crippen LogP contribution in [0.3, 0.4) is 0 Å². The maximum Gasteiger partial charge on any atom is 0.317 e. The molecule has 13 nitrogen and oxygen atoms in total. The van der Waals surface area contributed by atoms with E-state index >= 15 is 0 Å². The summed E-state index contributed by atoms with van der Waals surface area (Å²) >= 11 is 0. The van der Waals surface area contributed by atoms with Gasteiger partial charge in [0.15, 0.2) is 0 Å². The number of likely N-dealkylation sites (N-methyl/N-ethyl adjacent to an activating group) is 1. The predicted octanol–water partition coefficient (Wildman–Crippen LogP) is -2.00. The van der Waals surface area contributed by atoms with Crippen LogP contribution in [0, 0.1) is 0 Å². The Morgan fingerprint density at radius 1 is 0.679 bits per heavy atom. The van der Waals surface area contributed by atoms with Gasteiger partial charge in [-0.3, -0.25) is 33.8 Å². The fourth-order valence-electron chi connectivity index (χ4n) is 1.88. The van der Waals surface area contributed by atoms with Crippen molar-refractivity contribution in [2.75, 3.05) is 52.4 Å². The van der Waals surface area contributed by atoms with E-state index in [4.69, 9.17) is 25.5 Å². The molecule has 13 heteroatoms. The first kappa shape index (κ1) is 27.4. The Labute approximate surface area is 161 Å². The van der Waals surface area contributed by atoms with E-state index in [1.165, 1.54) is 9.80 Å². The zero-order chi connectivity index (χ0) is 22.1. The maximum atomic E-state index is 10.4. The van der Waals surface area contributed by atoms with Gasteiger partial charge in [0.2, 0.25) is 0 Å². The SMILES string of the molecule is CCN(CC(=O)O)CC(=O)O.O=C(O)CNCCCN(CC(=O)O)CC(=O)O. The summed E-state index contributed by atoms with van der Waals surface area (Å²) in [6, 6.07) is 0. The summed E-state index contributed by atoms with van der Waals surface area (Å²) in [5, 5.41) is 44.6. The van der Waals surface area contributed by atoms with Crippen molar-refractivity contribution in [2.45, 2.75) is 13.3 Å². The minimum absolute atomic E-state index is 0.169. The first-order valence-corrected chi connectivity index (χ1v) is 8.22. The predicted molar refractivity (Wildman–Crippen MR) is 94.2 cm³/mol. The summed E-state index contributed by atoms with van der Waals surface area (Å²) in [5.41, 5.74) is 0. The van der Waals surface area contributed by atoms with E-state index in [1.807, 2.05) is 0 Å². The molecule has 0 unspecified atom stereocenters. The second-order valence-corrected chi connectivity index (χ2v) is 5.51. The van der Waals surface area contributed by atoms with Crippen LogP contribution in [0.2, 0.25) is 0 Å². The summed E-state index contributed by atoms with van der Waals surface area (Å²) in [7, 11) is 0. The molecule has 0 bridgehead atoms. The highest BCUT2D eigenvalue weighted by Gasteiger charge is 2.12. The fourth-order valence-corrected chi connectivity index (χ4v) is 1.88. The third-order valence-electron chi connectivity index (χ3n) is 2.99. The lowest BCUT2D eigenvalue weighted by Gasteiger charge is -2.17. The average Bonchev–Trinajstić information content (AvgIpc) is 2.52. The van der Waals surface area contributed by atoms with Crippen molar-refractivity contribution in [1.82, 2.24) is 15.1 Å². The molecule has 162 valence electrons. The highest BCUT2D eigenvalue weighted by Crippen LogP contribution is 1.91. The van der Waals surface area contributed by atoms with E-state index in [-0.39, 0.29) is 39.3 Å². The van der Waals surface area contributed by atoms with E-state index in [0.717, 1.165) is 0 Å². The van der Waals surface area contributed by atoms with Crippen LogP contribution in [0.5, 0.6) is 0 Å². The van der Waals surface area contributed by atoms with Gasteiger partial charge in [-0.15, -0.1) is 0 Å². The summed E-state index contributed by atoms with van der Waals surface area (Å²) in [4.78, 5) is 53.9. The van der Waals surface area contributed by atoms with Crippen molar-refractivity contribution in [2.24, 2.45) is 0 Å². The molecular weight excluding hydrogens is 382 g/mol. The number of nitrogens with zero attached hydrogens (tertiary/aromatic N) is 2. The molecule has 0 aliphatic carbocycles. The molecule has 0 rings (SSSR count). The van der Waals surface area contributed by atoms with Gasteiger partial charge in [-0.05, 0) is 19.5 Å². The molecule has 0 aromatic rings. The zero-order valence-electron chi connectivity index (χ0n) is 15.5. The van der Waals surface area contributed by atoms with Gasteiger partial charge in [0.25, 0.3) is 0 Å². The molecule has 0 aliphatic rings. The number of aliphatic carboxylic acids is 5. The molecule has 0 radical (unpaired) electrons. The van der Waals surface area contributed by atoms with Crippen LogP contribution in [0.1, 0.15) is 13.3 Å². The first-order valence-electron chi connectivity index (χ1n) is 8.22. The van der Waals surface area contributed by atoms with E-state index < -0.39 is 29.8 Å². The Balaban J connectivity index is 0. The molecule has 0 aromatic carbocycles. The van der Waals surface area contributed by atoms with E-state index in [2.05, 4.69) is 5.32 Å². The second-order valence-electron chi connectivity index (χ2n) is 5.51. The lowest BCUT2D eigenvalue weighted by Crippen LogP contribution is -2.36. The highest BCUT2D eigenvalue weighted by molar-refractivity contribution is 5.73. The molecule has 0 aromatic heterocycles. The van der Waals surface area contributed by atoms with Gasteiger partial charge in [-0.1, -0.05) is 6.92 Å². The average molecular weight is 409 g/mol. The number of carbonyl (C=O) groups is 5. The molecular formula is C15H27N3O10. The third kappa shape index (κ3) is 21.3. The van der Waals surface area contributed by atoms with Gasteiger partial charge in [0.1, 0.15) is 0 Å². The molecule has 0 aliphatic heterocycles. The fraction of sp³-hybridized carbons (Fsp3) is 0.667. The largest absolute Gasteiger partial charge is 0.480 e. The monoisotopic (exact) mass is 409 g/mol. The molecule has 0 fully saturated rings. The minimum atomic E-state index is -1.09. The molecule has 0 amide bonds. The van der Waals surface area contributed by atoms with Crippen molar-refractivity contribution in [3.05, 3.63) is 0 Å². The molecule has 0 saturated carbocycles. The van der Waals surface area contributed by atoms with Crippen molar-refractivity contribution in [3.8, 4) is 0 Å². The maximum absolute atomic E-state index is 10.4. The van der Waals surface area contributed by atoms with Gasteiger partial charge < -0.3 is 30.8 Å². The van der Waals surface area contributed by atoms with Gasteiger partial charge in [0.05, 0.1) is 32.7 Å². The van der Waals surface area contributed by atoms with Crippen molar-refractivity contribution in [3.63, 3.8) is 0 Å². The Bertz CT molecular complexity index is 494. The summed E-state index contributed by atoms with van der Waals surface area (Å²) < 4.78 is 0. The minimum Gasteiger partial charge on any atom is -0.480 e. The summed E-state index contributed by atoms with van der Waals surface area (Å²) in [6.45, 7) is 1.53. The summed E-state index contributed by atoms with van der Waals surface area (Å²) in [5.74, 6) is -5.17. The van der Waals surface area contributed by atoms with E-state index in [9.17, 15) is 24.0 Å². The standard InChI is InChI=1S/C9H16N2O6.C6H11NO4/c12-7(13)4-10-2-1-3-11(5-8(14)15)6-9(16)17;1-2-7(3-5(8)9)4-6(10)11/h10H,1-6H2,(H,12,13)(H,14,15)(H,16,17);2-4H2,1H3,(H,8,9)(H,10,11). The molecule has 28 heavy (non-hydrogen) atoms. The lowest BCUT2D eigenvalue weighted by molar-refractivity contribution is -0.143. The Hall–Kier alpha value is -2.77. The number of carboxylic acids is 5. The Kier molecular flexibility index (Phi) is 16.1. The number of nitrogens with one attached hydrogen (secondary N) is 1. The van der Waals surface area contributed by atoms with Crippen LogP contribution in [0.25, 0.3) is 0 Å². The van der Waals surface area contributed by atoms with Crippen LogP contribution < -0.4 is 5.32 Å². The Morgan fingerprint density at radius 3 is 1.39 bits per heavy atom. The van der Waals surface area contributed by atoms with E-state index in [0.29, 0.717) is 19.5 Å². The third-order valence-corrected chi connectivity index (χ3v) is 2.99. The quantitative estimate of drug-likeness (QED) is 0.162. The Morgan fingerprint density at radius 2 is 1.07 bits per heavy atom. The number of hydrogen-bond donors (Lipinski definition) is 6. The van der Waals surface area contributed by atoms with Crippen LogP contribution in [0.15, 0.2) is 0 Å². The van der Waals surface area contributed by atoms with Crippen LogP contribution in [-0.4, -0.2) is 118 Å². The molecule has 0 saturated heterocycles.